The predicted octanol–water partition coefficient (Wildman–Crippen LogP) is 2.94. The number of aromatic hydroxyl groups is 1. The molecule has 5 heteroatoms. The molecule has 0 saturated carbocycles. The average molecular weight is 262 g/mol. The first-order valence-electron chi connectivity index (χ1n) is 5.99. The Balaban J connectivity index is 2.07. The molecule has 0 spiro atoms. The van der Waals surface area contributed by atoms with Crippen LogP contribution in [-0.4, -0.2) is 16.7 Å². The molecule has 1 aromatic heterocycles. The van der Waals surface area contributed by atoms with Crippen LogP contribution in [-0.2, 0) is 6.54 Å². The number of rotatable bonds is 5. The minimum Gasteiger partial charge on any atom is -0.504 e. The molecular formula is C14H15FN2O2. The number of anilines is 1. The second kappa shape index (κ2) is 6.04. The van der Waals surface area contributed by atoms with Crippen LogP contribution in [0.15, 0.2) is 36.5 Å². The van der Waals surface area contributed by atoms with Gasteiger partial charge < -0.3 is 15.2 Å². The fourth-order valence-corrected chi connectivity index (χ4v) is 1.66. The number of nitrogens with zero attached hydrogens (tertiary/aromatic N) is 1. The lowest BCUT2D eigenvalue weighted by Crippen LogP contribution is -2.01. The van der Waals surface area contributed by atoms with Crippen molar-refractivity contribution in [2.75, 3.05) is 11.9 Å². The van der Waals surface area contributed by atoms with E-state index in [1.807, 2.05) is 13.0 Å². The fraction of sp³-hybridized carbons (Fsp3) is 0.214. The number of halogens is 1. The molecule has 19 heavy (non-hydrogen) atoms. The van der Waals surface area contributed by atoms with E-state index in [4.69, 9.17) is 4.74 Å². The zero-order valence-corrected chi connectivity index (χ0v) is 10.6. The van der Waals surface area contributed by atoms with Gasteiger partial charge in [-0.1, -0.05) is 12.1 Å². The van der Waals surface area contributed by atoms with Crippen LogP contribution in [0.3, 0.4) is 0 Å². The van der Waals surface area contributed by atoms with Crippen LogP contribution < -0.4 is 10.1 Å². The van der Waals surface area contributed by atoms with Gasteiger partial charge in [-0.15, -0.1) is 0 Å². The Hall–Kier alpha value is -2.30. The smallest absolute Gasteiger partial charge is 0.212 e. The molecule has 0 radical (unpaired) electrons. The van der Waals surface area contributed by atoms with Gasteiger partial charge >= 0.3 is 0 Å². The first kappa shape index (κ1) is 13.1. The highest BCUT2D eigenvalue weighted by atomic mass is 19.1. The Labute approximate surface area is 110 Å². The Morgan fingerprint density at radius 2 is 2.16 bits per heavy atom. The molecule has 2 N–H and O–H groups in total. The molecule has 4 nitrogen and oxygen atoms in total. The number of nitrogens with one attached hydrogen (secondary N) is 1. The quantitative estimate of drug-likeness (QED) is 0.813. The number of phenolic OH excluding ortho intramolecular Hbond substituents is 1. The Kier molecular flexibility index (Phi) is 4.18. The number of phenols is 1. The van der Waals surface area contributed by atoms with Crippen molar-refractivity contribution in [2.24, 2.45) is 0 Å². The molecule has 2 aromatic rings. The summed E-state index contributed by atoms with van der Waals surface area (Å²) >= 11 is 0. The normalized spacial score (nSPS) is 10.2. The largest absolute Gasteiger partial charge is 0.504 e. The summed E-state index contributed by atoms with van der Waals surface area (Å²) in [6, 6.07) is 8.18. The third-order valence-electron chi connectivity index (χ3n) is 2.59. The Morgan fingerprint density at radius 1 is 1.32 bits per heavy atom. The van der Waals surface area contributed by atoms with Crippen molar-refractivity contribution in [3.63, 3.8) is 0 Å². The minimum absolute atomic E-state index is 0.118. The maximum absolute atomic E-state index is 12.7. The van der Waals surface area contributed by atoms with Crippen LogP contribution in [0.1, 0.15) is 12.5 Å². The standard InChI is InChI=1S/C14H15FN2O2/c1-2-19-12-5-3-4-10(14(12)18)8-16-11-6-7-13(15)17-9-11/h3-7,9,16,18H,2,8H2,1H3. The maximum atomic E-state index is 12.7. The first-order valence-corrected chi connectivity index (χ1v) is 5.99. The fourth-order valence-electron chi connectivity index (χ4n) is 1.66. The zero-order valence-electron chi connectivity index (χ0n) is 10.6. The third kappa shape index (κ3) is 3.34. The van der Waals surface area contributed by atoms with Crippen LogP contribution in [0.2, 0.25) is 0 Å². The predicted molar refractivity (Wildman–Crippen MR) is 70.8 cm³/mol. The van der Waals surface area contributed by atoms with Crippen LogP contribution in [0, 0.1) is 5.95 Å². The molecule has 0 aliphatic heterocycles. The summed E-state index contributed by atoms with van der Waals surface area (Å²) in [5.74, 6) is 0.0534. The summed E-state index contributed by atoms with van der Waals surface area (Å²) in [5, 5.41) is 13.1. The molecule has 0 fully saturated rings. The summed E-state index contributed by atoms with van der Waals surface area (Å²) in [6.45, 7) is 2.75. The van der Waals surface area contributed by atoms with Crippen molar-refractivity contribution in [3.05, 3.63) is 48.0 Å². The van der Waals surface area contributed by atoms with E-state index >= 15 is 0 Å². The molecule has 0 aliphatic rings. The van der Waals surface area contributed by atoms with E-state index in [2.05, 4.69) is 10.3 Å². The molecule has 0 saturated heterocycles. The average Bonchev–Trinajstić information content (AvgIpc) is 2.42. The summed E-state index contributed by atoms with van der Waals surface area (Å²) in [4.78, 5) is 3.54. The molecule has 1 heterocycles. The lowest BCUT2D eigenvalue weighted by atomic mass is 10.2. The summed E-state index contributed by atoms with van der Waals surface area (Å²) in [5.41, 5.74) is 1.39. The van der Waals surface area contributed by atoms with Gasteiger partial charge in [-0.2, -0.15) is 4.39 Å². The maximum Gasteiger partial charge on any atom is 0.212 e. The highest BCUT2D eigenvalue weighted by Gasteiger charge is 2.07. The van der Waals surface area contributed by atoms with Crippen molar-refractivity contribution in [1.29, 1.82) is 0 Å². The molecule has 0 amide bonds. The lowest BCUT2D eigenvalue weighted by molar-refractivity contribution is 0.317. The number of hydrogen-bond donors (Lipinski definition) is 2. The number of aromatic nitrogens is 1. The van der Waals surface area contributed by atoms with Crippen LogP contribution in [0.4, 0.5) is 10.1 Å². The van der Waals surface area contributed by atoms with Gasteiger partial charge in [-0.3, -0.25) is 0 Å². The van der Waals surface area contributed by atoms with E-state index in [1.54, 1.807) is 18.2 Å². The molecule has 1 aromatic carbocycles. The summed E-state index contributed by atoms with van der Waals surface area (Å²) in [6.07, 6.45) is 1.40. The number of benzene rings is 1. The summed E-state index contributed by atoms with van der Waals surface area (Å²) < 4.78 is 18.0. The van der Waals surface area contributed by atoms with E-state index < -0.39 is 5.95 Å². The number of ether oxygens (including phenoxy) is 1. The van der Waals surface area contributed by atoms with Crippen molar-refractivity contribution in [1.82, 2.24) is 4.98 Å². The zero-order chi connectivity index (χ0) is 13.7. The van der Waals surface area contributed by atoms with Crippen molar-refractivity contribution in [2.45, 2.75) is 13.5 Å². The highest BCUT2D eigenvalue weighted by molar-refractivity contribution is 5.48. The third-order valence-corrected chi connectivity index (χ3v) is 2.59. The van der Waals surface area contributed by atoms with E-state index in [1.165, 1.54) is 12.3 Å². The number of hydrogen-bond acceptors (Lipinski definition) is 4. The molecule has 0 bridgehead atoms. The SMILES string of the molecule is CCOc1cccc(CNc2ccc(F)nc2)c1O. The van der Waals surface area contributed by atoms with Gasteiger partial charge in [0.05, 0.1) is 18.5 Å². The first-order chi connectivity index (χ1) is 9.20. The van der Waals surface area contributed by atoms with E-state index in [0.717, 1.165) is 0 Å². The molecule has 0 aliphatic carbocycles. The van der Waals surface area contributed by atoms with Gasteiger partial charge in [-0.25, -0.2) is 4.98 Å². The van der Waals surface area contributed by atoms with Crippen molar-refractivity contribution >= 4 is 5.69 Å². The molecule has 0 atom stereocenters. The van der Waals surface area contributed by atoms with Crippen molar-refractivity contribution in [3.8, 4) is 11.5 Å². The second-order valence-electron chi connectivity index (χ2n) is 3.92. The topological polar surface area (TPSA) is 54.4 Å². The van der Waals surface area contributed by atoms with Gasteiger partial charge in [0.15, 0.2) is 11.5 Å². The van der Waals surface area contributed by atoms with E-state index in [0.29, 0.717) is 30.2 Å². The van der Waals surface area contributed by atoms with Crippen molar-refractivity contribution < 1.29 is 14.2 Å². The number of pyridine rings is 1. The van der Waals surface area contributed by atoms with Gasteiger partial charge in [0, 0.05) is 12.1 Å². The summed E-state index contributed by atoms with van der Waals surface area (Å²) in [7, 11) is 0. The van der Waals surface area contributed by atoms with Crippen LogP contribution in [0.5, 0.6) is 11.5 Å². The molecule has 2 rings (SSSR count). The molecule has 0 unspecified atom stereocenters. The van der Waals surface area contributed by atoms with E-state index in [-0.39, 0.29) is 5.75 Å². The van der Waals surface area contributed by atoms with Crippen LogP contribution in [0.25, 0.3) is 0 Å². The van der Waals surface area contributed by atoms with Gasteiger partial charge in [-0.05, 0) is 25.1 Å². The van der Waals surface area contributed by atoms with E-state index in [9.17, 15) is 9.50 Å². The second-order valence-corrected chi connectivity index (χ2v) is 3.92. The van der Waals surface area contributed by atoms with Gasteiger partial charge in [0.2, 0.25) is 5.95 Å². The Morgan fingerprint density at radius 3 is 2.84 bits per heavy atom. The van der Waals surface area contributed by atoms with Crippen LogP contribution >= 0.6 is 0 Å². The Bertz CT molecular complexity index is 544. The monoisotopic (exact) mass is 262 g/mol. The number of para-hydroxylation sites is 1. The lowest BCUT2D eigenvalue weighted by Gasteiger charge is -2.11. The van der Waals surface area contributed by atoms with Gasteiger partial charge in [0.25, 0.3) is 0 Å². The molecular weight excluding hydrogens is 247 g/mol. The minimum atomic E-state index is -0.522. The highest BCUT2D eigenvalue weighted by Crippen LogP contribution is 2.30. The molecule has 100 valence electrons. The van der Waals surface area contributed by atoms with Gasteiger partial charge in [0.1, 0.15) is 0 Å².